The molecule has 0 aromatic heterocycles. The van der Waals surface area contributed by atoms with Crippen LogP contribution in [-0.4, -0.2) is 10.8 Å². The monoisotopic (exact) mass is 260 g/mol. The molecular weight excluding hydrogens is 248 g/mol. The van der Waals surface area contributed by atoms with Crippen molar-refractivity contribution in [3.05, 3.63) is 65.9 Å². The molecule has 0 radical (unpaired) electrons. The molecule has 2 aromatic carbocycles. The topological polar surface area (TPSA) is 47.7 Å². The highest BCUT2D eigenvalue weighted by Crippen LogP contribution is 2.17. The zero-order valence-corrected chi connectivity index (χ0v) is 10.4. The highest BCUT2D eigenvalue weighted by Gasteiger charge is 2.01. The molecule has 92 valence electrons. The van der Waals surface area contributed by atoms with E-state index in [9.17, 15) is 5.21 Å². The van der Waals surface area contributed by atoms with E-state index < -0.39 is 0 Å². The van der Waals surface area contributed by atoms with Gasteiger partial charge in [-0.25, -0.2) is 0 Å². The van der Waals surface area contributed by atoms with Gasteiger partial charge in [-0.3, -0.25) is 0 Å². The summed E-state index contributed by atoms with van der Waals surface area (Å²) < 4.78 is 0. The molecule has 5 heteroatoms. The number of hydrogen-bond donors (Lipinski definition) is 0. The maximum absolute atomic E-state index is 11.5. The van der Waals surface area contributed by atoms with Gasteiger partial charge in [0, 0.05) is 17.0 Å². The van der Waals surface area contributed by atoms with Gasteiger partial charge in [0.2, 0.25) is 11.0 Å². The van der Waals surface area contributed by atoms with E-state index in [0.717, 1.165) is 4.90 Å². The lowest BCUT2D eigenvalue weighted by Crippen LogP contribution is -1.93. The first kappa shape index (κ1) is 12.4. The van der Waals surface area contributed by atoms with Crippen LogP contribution in [0, 0.1) is 5.21 Å². The molecule has 0 saturated carbocycles. The molecule has 0 bridgehead atoms. The predicted molar refractivity (Wildman–Crippen MR) is 70.4 cm³/mol. The molecule has 2 rings (SSSR count). The van der Waals surface area contributed by atoms with E-state index in [1.165, 1.54) is 11.8 Å². The Balaban J connectivity index is 1.81. The third-order valence-electron chi connectivity index (χ3n) is 2.13. The van der Waals surface area contributed by atoms with E-state index in [1.54, 1.807) is 24.3 Å². The second-order valence-electron chi connectivity index (χ2n) is 3.39. The van der Waals surface area contributed by atoms with Gasteiger partial charge in [-0.15, -0.1) is 0 Å². The number of para-hydroxylation sites is 1. The molecule has 0 saturated heterocycles. The molecule has 0 fully saturated rings. The molecule has 0 aliphatic rings. The van der Waals surface area contributed by atoms with Gasteiger partial charge >= 0.3 is 0 Å². The SMILES string of the molecule is [O-]/[N+](=N\OCSc1ccccc1)c1ccccc1. The Morgan fingerprint density at radius 1 is 1.00 bits per heavy atom. The first-order chi connectivity index (χ1) is 8.86. The molecule has 0 unspecified atom stereocenters. The average Bonchev–Trinajstić information content (AvgIpc) is 2.45. The summed E-state index contributed by atoms with van der Waals surface area (Å²) in [5, 5.41) is 14.9. The van der Waals surface area contributed by atoms with Crippen LogP contribution in [0.1, 0.15) is 0 Å². The number of rotatable bonds is 5. The third-order valence-corrected chi connectivity index (χ3v) is 2.96. The van der Waals surface area contributed by atoms with Crippen LogP contribution in [0.2, 0.25) is 0 Å². The Morgan fingerprint density at radius 2 is 1.61 bits per heavy atom. The first-order valence-corrected chi connectivity index (χ1v) is 6.38. The molecule has 0 N–H and O–H groups in total. The van der Waals surface area contributed by atoms with Crippen LogP contribution in [0.5, 0.6) is 0 Å². The summed E-state index contributed by atoms with van der Waals surface area (Å²) in [6.07, 6.45) is 0. The number of thioether (sulfide) groups is 1. The van der Waals surface area contributed by atoms with Crippen molar-refractivity contribution in [3.8, 4) is 0 Å². The molecule has 2 aromatic rings. The van der Waals surface area contributed by atoms with Gasteiger partial charge < -0.3 is 10.0 Å². The van der Waals surface area contributed by atoms with Crippen LogP contribution >= 0.6 is 11.8 Å². The van der Waals surface area contributed by atoms with Gasteiger partial charge in [0.25, 0.3) is 0 Å². The standard InChI is InChI=1S/C13H12N2O2S/c16-15(12-7-3-1-4-8-12)14-17-11-18-13-9-5-2-6-10-13/h1-10H,11H2/b15-14-. The number of benzene rings is 2. The molecule has 0 atom stereocenters. The minimum Gasteiger partial charge on any atom is -0.592 e. The van der Waals surface area contributed by atoms with Gasteiger partial charge in [0.15, 0.2) is 5.94 Å². The van der Waals surface area contributed by atoms with Crippen LogP contribution < -0.4 is 0 Å². The van der Waals surface area contributed by atoms with Crippen molar-refractivity contribution >= 4 is 17.4 Å². The summed E-state index contributed by atoms with van der Waals surface area (Å²) in [4.78, 5) is 6.49. The maximum Gasteiger partial charge on any atom is 0.248 e. The van der Waals surface area contributed by atoms with Crippen LogP contribution in [0.3, 0.4) is 0 Å². The Hall–Kier alpha value is -2.01. The van der Waals surface area contributed by atoms with Crippen LogP contribution in [0.4, 0.5) is 5.69 Å². The largest absolute Gasteiger partial charge is 0.592 e. The van der Waals surface area contributed by atoms with Crippen molar-refractivity contribution in [2.75, 3.05) is 5.94 Å². The third kappa shape index (κ3) is 3.78. The lowest BCUT2D eigenvalue weighted by molar-refractivity contribution is -0.477. The van der Waals surface area contributed by atoms with Gasteiger partial charge in [0.05, 0.1) is 0 Å². The summed E-state index contributed by atoms with van der Waals surface area (Å²) in [6, 6.07) is 18.5. The fourth-order valence-corrected chi connectivity index (χ4v) is 1.88. The van der Waals surface area contributed by atoms with E-state index >= 15 is 0 Å². The summed E-state index contributed by atoms with van der Waals surface area (Å²) in [7, 11) is 0. The fourth-order valence-electron chi connectivity index (χ4n) is 1.29. The van der Waals surface area contributed by atoms with E-state index in [2.05, 4.69) is 5.28 Å². The Kier molecular flexibility index (Phi) is 4.60. The zero-order chi connectivity index (χ0) is 12.6. The van der Waals surface area contributed by atoms with Gasteiger partial charge in [-0.1, -0.05) is 48.2 Å². The molecule has 0 aliphatic heterocycles. The first-order valence-electron chi connectivity index (χ1n) is 5.39. The van der Waals surface area contributed by atoms with E-state index in [1.807, 2.05) is 36.4 Å². The molecule has 18 heavy (non-hydrogen) atoms. The quantitative estimate of drug-likeness (QED) is 0.204. The highest BCUT2D eigenvalue weighted by molar-refractivity contribution is 7.99. The molecule has 4 nitrogen and oxygen atoms in total. The van der Waals surface area contributed by atoms with E-state index in [-0.39, 0.29) is 0 Å². The second kappa shape index (κ2) is 6.66. The van der Waals surface area contributed by atoms with Crippen molar-refractivity contribution in [1.82, 2.24) is 0 Å². The number of hydrogen-bond acceptors (Lipinski definition) is 4. The van der Waals surface area contributed by atoms with Crippen LogP contribution in [-0.2, 0) is 4.84 Å². The molecule has 0 amide bonds. The summed E-state index contributed by atoms with van der Waals surface area (Å²) in [5.74, 6) is 0.301. The van der Waals surface area contributed by atoms with Crippen molar-refractivity contribution in [2.24, 2.45) is 5.28 Å². The minimum atomic E-state index is 0.301. The number of nitrogens with zero attached hydrogens (tertiary/aromatic N) is 2. The van der Waals surface area contributed by atoms with Gasteiger partial charge in [-0.2, -0.15) is 0 Å². The van der Waals surface area contributed by atoms with Crippen LogP contribution in [0.15, 0.2) is 70.8 Å². The highest BCUT2D eigenvalue weighted by atomic mass is 32.2. The van der Waals surface area contributed by atoms with Crippen molar-refractivity contribution < 1.29 is 9.70 Å². The van der Waals surface area contributed by atoms with E-state index in [0.29, 0.717) is 16.5 Å². The summed E-state index contributed by atoms with van der Waals surface area (Å²) in [5.41, 5.74) is 0.446. The van der Waals surface area contributed by atoms with E-state index in [4.69, 9.17) is 4.84 Å². The van der Waals surface area contributed by atoms with Crippen molar-refractivity contribution in [3.63, 3.8) is 0 Å². The second-order valence-corrected chi connectivity index (χ2v) is 4.39. The predicted octanol–water partition coefficient (Wildman–Crippen LogP) is 3.96. The van der Waals surface area contributed by atoms with Crippen LogP contribution in [0.25, 0.3) is 0 Å². The van der Waals surface area contributed by atoms with Gasteiger partial charge in [0.1, 0.15) is 0 Å². The molecular formula is C13H12N2O2S. The minimum absolute atomic E-state index is 0.301. The Morgan fingerprint density at radius 3 is 2.28 bits per heavy atom. The molecule has 0 spiro atoms. The summed E-state index contributed by atoms with van der Waals surface area (Å²) in [6.45, 7) is 0. The zero-order valence-electron chi connectivity index (χ0n) is 9.60. The maximum atomic E-state index is 11.5. The molecule has 0 aliphatic carbocycles. The normalized spacial score (nSPS) is 11.2. The molecule has 0 heterocycles. The average molecular weight is 260 g/mol. The lowest BCUT2D eigenvalue weighted by Gasteiger charge is -2.00. The smallest absolute Gasteiger partial charge is 0.248 e. The van der Waals surface area contributed by atoms with Gasteiger partial charge in [-0.05, 0) is 17.0 Å². The Bertz CT molecular complexity index is 503. The van der Waals surface area contributed by atoms with Crippen molar-refractivity contribution in [1.29, 1.82) is 0 Å². The fraction of sp³-hybridized carbons (Fsp3) is 0.0769. The van der Waals surface area contributed by atoms with Crippen molar-refractivity contribution in [2.45, 2.75) is 4.90 Å². The Labute approximate surface area is 109 Å². The summed E-state index contributed by atoms with van der Waals surface area (Å²) >= 11 is 1.48. The lowest BCUT2D eigenvalue weighted by atomic mass is 10.3.